The van der Waals surface area contributed by atoms with Gasteiger partial charge in [0.15, 0.2) is 0 Å². The number of amides is 1. The first-order chi connectivity index (χ1) is 8.69. The van der Waals surface area contributed by atoms with Gasteiger partial charge >= 0.3 is 0 Å². The molecule has 1 heterocycles. The molecular formula is C13H24N2O3. The van der Waals surface area contributed by atoms with Gasteiger partial charge in [0.25, 0.3) is 0 Å². The molecule has 104 valence electrons. The maximum atomic E-state index is 12.2. The van der Waals surface area contributed by atoms with E-state index in [-0.39, 0.29) is 24.7 Å². The molecule has 0 aromatic heterocycles. The van der Waals surface area contributed by atoms with Crippen molar-refractivity contribution in [3.8, 4) is 0 Å². The first-order valence-electron chi connectivity index (χ1n) is 6.95. The van der Waals surface area contributed by atoms with Crippen LogP contribution in [0.2, 0.25) is 0 Å². The van der Waals surface area contributed by atoms with E-state index in [1.165, 1.54) is 0 Å². The van der Waals surface area contributed by atoms with Crippen molar-refractivity contribution in [2.45, 2.75) is 44.2 Å². The van der Waals surface area contributed by atoms with Crippen LogP contribution in [-0.4, -0.2) is 54.4 Å². The van der Waals surface area contributed by atoms with E-state index >= 15 is 0 Å². The van der Waals surface area contributed by atoms with E-state index in [4.69, 9.17) is 15.6 Å². The smallest absolute Gasteiger partial charge is 0.223 e. The zero-order valence-corrected chi connectivity index (χ0v) is 10.9. The zero-order valence-electron chi connectivity index (χ0n) is 10.9. The summed E-state index contributed by atoms with van der Waals surface area (Å²) in [6.07, 6.45) is 4.71. The van der Waals surface area contributed by atoms with Gasteiger partial charge in [-0.3, -0.25) is 4.79 Å². The van der Waals surface area contributed by atoms with Crippen LogP contribution in [-0.2, 0) is 9.53 Å². The molecule has 5 nitrogen and oxygen atoms in total. The molecule has 0 aromatic carbocycles. The summed E-state index contributed by atoms with van der Waals surface area (Å²) < 4.78 is 5.35. The van der Waals surface area contributed by atoms with Crippen LogP contribution in [0.25, 0.3) is 0 Å². The summed E-state index contributed by atoms with van der Waals surface area (Å²) in [4.78, 5) is 14.0. The third kappa shape index (κ3) is 3.67. The molecule has 1 aliphatic carbocycles. The third-order valence-corrected chi connectivity index (χ3v) is 3.98. The lowest BCUT2D eigenvalue weighted by Gasteiger charge is -2.34. The monoisotopic (exact) mass is 256 g/mol. The minimum absolute atomic E-state index is 0.0158. The van der Waals surface area contributed by atoms with Crippen LogP contribution < -0.4 is 5.73 Å². The van der Waals surface area contributed by atoms with Gasteiger partial charge in [0.1, 0.15) is 0 Å². The number of nitrogens with zero attached hydrogens (tertiary/aromatic N) is 1. The van der Waals surface area contributed by atoms with E-state index < -0.39 is 0 Å². The summed E-state index contributed by atoms with van der Waals surface area (Å²) in [6, 6.07) is 0.270. The van der Waals surface area contributed by atoms with Crippen molar-refractivity contribution in [2.24, 2.45) is 11.7 Å². The van der Waals surface area contributed by atoms with Crippen molar-refractivity contribution in [2.75, 3.05) is 26.3 Å². The predicted octanol–water partition coefficient (Wildman–Crippen LogP) is 0.114. The quantitative estimate of drug-likeness (QED) is 0.751. The molecule has 3 atom stereocenters. The van der Waals surface area contributed by atoms with Gasteiger partial charge in [-0.1, -0.05) is 6.42 Å². The number of aliphatic hydroxyl groups excluding tert-OH is 1. The van der Waals surface area contributed by atoms with E-state index in [1.54, 1.807) is 0 Å². The second-order valence-corrected chi connectivity index (χ2v) is 5.51. The van der Waals surface area contributed by atoms with Crippen molar-refractivity contribution in [1.82, 2.24) is 4.90 Å². The fourth-order valence-corrected chi connectivity index (χ4v) is 2.95. The van der Waals surface area contributed by atoms with Crippen molar-refractivity contribution in [1.29, 1.82) is 0 Å². The molecule has 3 unspecified atom stereocenters. The fraction of sp³-hybridized carbons (Fsp3) is 0.923. The van der Waals surface area contributed by atoms with Gasteiger partial charge in [0.05, 0.1) is 19.3 Å². The topological polar surface area (TPSA) is 75.8 Å². The molecule has 18 heavy (non-hydrogen) atoms. The molecule has 2 fully saturated rings. The Labute approximate surface area is 108 Å². The fourth-order valence-electron chi connectivity index (χ4n) is 2.95. The number of ether oxygens (including phenoxy) is 1. The molecule has 1 saturated carbocycles. The zero-order chi connectivity index (χ0) is 13.0. The Hall–Kier alpha value is -0.650. The molecule has 1 amide bonds. The molecule has 5 heteroatoms. The molecule has 1 saturated heterocycles. The van der Waals surface area contributed by atoms with Gasteiger partial charge in [-0.2, -0.15) is 0 Å². The summed E-state index contributed by atoms with van der Waals surface area (Å²) in [6.45, 7) is 1.68. The largest absolute Gasteiger partial charge is 0.394 e. The highest BCUT2D eigenvalue weighted by Crippen LogP contribution is 2.26. The predicted molar refractivity (Wildman–Crippen MR) is 68.0 cm³/mol. The van der Waals surface area contributed by atoms with Gasteiger partial charge < -0.3 is 20.5 Å². The Bertz CT molecular complexity index is 285. The number of nitrogens with two attached hydrogens (primary N) is 1. The van der Waals surface area contributed by atoms with Crippen molar-refractivity contribution in [3.63, 3.8) is 0 Å². The Morgan fingerprint density at radius 1 is 1.44 bits per heavy atom. The van der Waals surface area contributed by atoms with E-state index in [0.29, 0.717) is 32.0 Å². The second kappa shape index (κ2) is 6.50. The van der Waals surface area contributed by atoms with Gasteiger partial charge in [0.2, 0.25) is 5.91 Å². The van der Waals surface area contributed by atoms with Crippen molar-refractivity contribution >= 4 is 5.91 Å². The number of morpholine rings is 1. The van der Waals surface area contributed by atoms with Gasteiger partial charge in [-0.05, 0) is 25.2 Å². The van der Waals surface area contributed by atoms with Crippen LogP contribution in [0, 0.1) is 5.92 Å². The maximum absolute atomic E-state index is 12.2. The molecule has 0 aromatic rings. The Morgan fingerprint density at radius 3 is 3.00 bits per heavy atom. The number of rotatable bonds is 3. The van der Waals surface area contributed by atoms with E-state index in [9.17, 15) is 4.79 Å². The lowest BCUT2D eigenvalue weighted by atomic mass is 9.84. The molecule has 2 aliphatic rings. The Balaban J connectivity index is 1.79. The standard InChI is InChI=1S/C13H24N2O3/c14-11-3-1-2-10(6-11)7-13(17)15-4-5-18-12(8-15)9-16/h10-12,16H,1-9,14H2. The summed E-state index contributed by atoms with van der Waals surface area (Å²) in [5.74, 6) is 0.632. The van der Waals surface area contributed by atoms with E-state index in [2.05, 4.69) is 0 Å². The van der Waals surface area contributed by atoms with Crippen LogP contribution in [0.1, 0.15) is 32.1 Å². The first-order valence-corrected chi connectivity index (χ1v) is 6.95. The lowest BCUT2D eigenvalue weighted by molar-refractivity contribution is -0.141. The van der Waals surface area contributed by atoms with Gasteiger partial charge in [-0.15, -0.1) is 0 Å². The molecule has 0 bridgehead atoms. The number of hydrogen-bond acceptors (Lipinski definition) is 4. The summed E-state index contributed by atoms with van der Waals surface area (Å²) in [7, 11) is 0. The molecule has 0 radical (unpaired) electrons. The van der Waals surface area contributed by atoms with Gasteiger partial charge in [0, 0.05) is 25.6 Å². The van der Waals surface area contributed by atoms with Crippen LogP contribution >= 0.6 is 0 Å². The van der Waals surface area contributed by atoms with E-state index in [1.807, 2.05) is 4.90 Å². The van der Waals surface area contributed by atoms with Crippen LogP contribution in [0.15, 0.2) is 0 Å². The lowest BCUT2D eigenvalue weighted by Crippen LogP contribution is -2.47. The summed E-state index contributed by atoms with van der Waals surface area (Å²) in [5.41, 5.74) is 5.94. The van der Waals surface area contributed by atoms with Crippen LogP contribution in [0.3, 0.4) is 0 Å². The molecular weight excluding hydrogens is 232 g/mol. The number of carbonyl (C=O) groups excluding carboxylic acids is 1. The first kappa shape index (κ1) is 13.8. The SMILES string of the molecule is NC1CCCC(CC(=O)N2CCOC(CO)C2)C1. The minimum atomic E-state index is -0.212. The molecule has 0 spiro atoms. The average Bonchev–Trinajstić information content (AvgIpc) is 2.39. The summed E-state index contributed by atoms with van der Waals surface area (Å²) >= 11 is 0. The highest BCUT2D eigenvalue weighted by atomic mass is 16.5. The number of carbonyl (C=O) groups is 1. The van der Waals surface area contributed by atoms with E-state index in [0.717, 1.165) is 25.7 Å². The number of aliphatic hydroxyl groups is 1. The highest BCUT2D eigenvalue weighted by Gasteiger charge is 2.27. The molecule has 1 aliphatic heterocycles. The Kier molecular flexibility index (Phi) is 4.97. The number of hydrogen-bond donors (Lipinski definition) is 2. The normalized spacial score (nSPS) is 33.4. The van der Waals surface area contributed by atoms with Gasteiger partial charge in [-0.25, -0.2) is 0 Å². The highest BCUT2D eigenvalue weighted by molar-refractivity contribution is 5.76. The minimum Gasteiger partial charge on any atom is -0.394 e. The average molecular weight is 256 g/mol. The van der Waals surface area contributed by atoms with Crippen LogP contribution in [0.5, 0.6) is 0 Å². The van der Waals surface area contributed by atoms with Crippen molar-refractivity contribution < 1.29 is 14.6 Å². The van der Waals surface area contributed by atoms with Crippen LogP contribution in [0.4, 0.5) is 0 Å². The second-order valence-electron chi connectivity index (χ2n) is 5.51. The third-order valence-electron chi connectivity index (χ3n) is 3.98. The molecule has 3 N–H and O–H groups in total. The summed E-state index contributed by atoms with van der Waals surface area (Å²) in [5, 5.41) is 9.07. The maximum Gasteiger partial charge on any atom is 0.223 e. The molecule has 2 rings (SSSR count). The van der Waals surface area contributed by atoms with Crippen molar-refractivity contribution in [3.05, 3.63) is 0 Å². The Morgan fingerprint density at radius 2 is 2.28 bits per heavy atom.